The van der Waals surface area contributed by atoms with Gasteiger partial charge < -0.3 is 0 Å². The Hall–Kier alpha value is -0.170. The van der Waals surface area contributed by atoms with Crippen molar-refractivity contribution in [2.75, 3.05) is 13.2 Å². The maximum atomic E-state index is 11.0. The summed E-state index contributed by atoms with van der Waals surface area (Å²) in [5, 5.41) is 0. The summed E-state index contributed by atoms with van der Waals surface area (Å²) in [4.78, 5) is 4.55. The predicted octanol–water partition coefficient (Wildman–Crippen LogP) is 1.94. The summed E-state index contributed by atoms with van der Waals surface area (Å²) in [6.45, 7) is 0.467. The number of hydrogen-bond donors (Lipinski definition) is 0. The highest BCUT2D eigenvalue weighted by Gasteiger charge is 2.13. The molecule has 0 radical (unpaired) electrons. The second-order valence-corrected chi connectivity index (χ2v) is 4.78. The van der Waals surface area contributed by atoms with Crippen molar-refractivity contribution in [1.29, 1.82) is 0 Å². The fraction of sp³-hybridized carbons (Fsp3) is 1.00. The molecule has 0 N–H and O–H groups in total. The van der Waals surface area contributed by atoms with E-state index in [4.69, 9.17) is 0 Å². The van der Waals surface area contributed by atoms with Gasteiger partial charge in [0.15, 0.2) is 0 Å². The van der Waals surface area contributed by atoms with Crippen molar-refractivity contribution in [1.82, 2.24) is 0 Å². The van der Waals surface area contributed by atoms with Gasteiger partial charge in [0.05, 0.1) is 13.2 Å². The molecule has 0 aromatic heterocycles. The summed E-state index contributed by atoms with van der Waals surface area (Å²) in [6.07, 6.45) is 7.08. The molecule has 0 atom stereocenters. The maximum Gasteiger partial charge on any atom is 0.426 e. The lowest BCUT2D eigenvalue weighted by Crippen LogP contribution is -2.12. The zero-order valence-electron chi connectivity index (χ0n) is 8.81. The predicted molar refractivity (Wildman–Crippen MR) is 54.2 cm³/mol. The SMILES string of the molecule is O=S1(=O)OCCCCCCCCCOO1. The Morgan fingerprint density at radius 3 is 1.93 bits per heavy atom. The molecule has 1 fully saturated rings. The van der Waals surface area contributed by atoms with Crippen LogP contribution in [0.5, 0.6) is 0 Å². The van der Waals surface area contributed by atoms with Crippen molar-refractivity contribution < 1.29 is 21.8 Å². The van der Waals surface area contributed by atoms with Crippen molar-refractivity contribution in [3.8, 4) is 0 Å². The van der Waals surface area contributed by atoms with Crippen LogP contribution in [0.3, 0.4) is 0 Å². The van der Waals surface area contributed by atoms with E-state index in [1.54, 1.807) is 0 Å². The minimum absolute atomic E-state index is 0.172. The molecule has 0 aromatic rings. The molecule has 1 rings (SSSR count). The molecule has 5 nitrogen and oxygen atoms in total. The molecule has 1 saturated heterocycles. The van der Waals surface area contributed by atoms with Crippen LogP contribution in [-0.4, -0.2) is 21.6 Å². The molecular weight excluding hydrogens is 220 g/mol. The average molecular weight is 238 g/mol. The Bertz CT molecular complexity index is 229. The first-order chi connectivity index (χ1) is 7.21. The first-order valence-corrected chi connectivity index (χ1v) is 6.74. The van der Waals surface area contributed by atoms with Gasteiger partial charge in [0.25, 0.3) is 0 Å². The minimum atomic E-state index is -3.94. The average Bonchev–Trinajstić information content (AvgIpc) is 2.20. The molecule has 0 aliphatic carbocycles. The molecular formula is C9H18O5S. The Morgan fingerprint density at radius 2 is 1.27 bits per heavy atom. The van der Waals surface area contributed by atoms with Gasteiger partial charge in [-0.2, -0.15) is 8.42 Å². The summed E-state index contributed by atoms with van der Waals surface area (Å²) >= 11 is 0. The van der Waals surface area contributed by atoms with Crippen LogP contribution in [0.25, 0.3) is 0 Å². The highest BCUT2D eigenvalue weighted by atomic mass is 32.3. The molecule has 90 valence electrons. The van der Waals surface area contributed by atoms with Crippen molar-refractivity contribution in [2.45, 2.75) is 44.9 Å². The van der Waals surface area contributed by atoms with Crippen molar-refractivity contribution in [3.63, 3.8) is 0 Å². The van der Waals surface area contributed by atoms with Crippen molar-refractivity contribution >= 4 is 10.4 Å². The molecule has 1 heterocycles. The Kier molecular flexibility index (Phi) is 6.16. The minimum Gasteiger partial charge on any atom is -0.246 e. The van der Waals surface area contributed by atoms with Gasteiger partial charge in [-0.05, 0) is 12.8 Å². The van der Waals surface area contributed by atoms with Crippen LogP contribution >= 0.6 is 0 Å². The van der Waals surface area contributed by atoms with Crippen LogP contribution < -0.4 is 0 Å². The van der Waals surface area contributed by atoms with Gasteiger partial charge in [-0.25, -0.2) is 9.07 Å². The third kappa shape index (κ3) is 6.83. The molecule has 6 heteroatoms. The van der Waals surface area contributed by atoms with E-state index in [1.807, 2.05) is 0 Å². The lowest BCUT2D eigenvalue weighted by atomic mass is 10.1. The van der Waals surface area contributed by atoms with Gasteiger partial charge in [-0.1, -0.05) is 36.4 Å². The molecule has 1 aliphatic rings. The fourth-order valence-corrected chi connectivity index (χ4v) is 1.97. The fourth-order valence-electron chi connectivity index (χ4n) is 1.42. The zero-order chi connectivity index (χ0) is 11.0. The standard InChI is InChI=1S/C9H18O5S/c10-15(11)13-9-7-5-3-1-2-4-6-8-12-14-15/h1-9H2. The van der Waals surface area contributed by atoms with Gasteiger partial charge in [0.2, 0.25) is 0 Å². The van der Waals surface area contributed by atoms with Gasteiger partial charge in [-0.3, -0.25) is 0 Å². The number of hydrogen-bond acceptors (Lipinski definition) is 5. The quantitative estimate of drug-likeness (QED) is 0.603. The molecule has 1 aliphatic heterocycles. The smallest absolute Gasteiger partial charge is 0.246 e. The van der Waals surface area contributed by atoms with Gasteiger partial charge in [-0.15, -0.1) is 0 Å². The normalized spacial score (nSPS) is 25.9. The highest BCUT2D eigenvalue weighted by Crippen LogP contribution is 2.10. The topological polar surface area (TPSA) is 61.8 Å². The summed E-state index contributed by atoms with van der Waals surface area (Å²) < 4.78 is 30.8. The van der Waals surface area contributed by atoms with Crippen molar-refractivity contribution in [3.05, 3.63) is 0 Å². The van der Waals surface area contributed by atoms with Crippen LogP contribution in [-0.2, 0) is 23.8 Å². The Balaban J connectivity index is 2.31. The first-order valence-electron chi connectivity index (χ1n) is 5.41. The summed E-state index contributed by atoms with van der Waals surface area (Å²) in [7, 11) is -3.94. The van der Waals surface area contributed by atoms with Crippen LogP contribution in [0.4, 0.5) is 0 Å². The van der Waals surface area contributed by atoms with Gasteiger partial charge in [0.1, 0.15) is 0 Å². The maximum absolute atomic E-state index is 11.0. The van der Waals surface area contributed by atoms with E-state index in [1.165, 1.54) is 6.42 Å². The second kappa shape index (κ2) is 7.16. The first kappa shape index (κ1) is 12.9. The van der Waals surface area contributed by atoms with E-state index in [0.29, 0.717) is 6.61 Å². The Morgan fingerprint density at radius 1 is 0.733 bits per heavy atom. The van der Waals surface area contributed by atoms with E-state index in [-0.39, 0.29) is 6.61 Å². The molecule has 0 saturated carbocycles. The van der Waals surface area contributed by atoms with Crippen LogP contribution in [0.2, 0.25) is 0 Å². The summed E-state index contributed by atoms with van der Waals surface area (Å²) in [5.74, 6) is 0. The summed E-state index contributed by atoms with van der Waals surface area (Å²) in [6, 6.07) is 0. The zero-order valence-corrected chi connectivity index (χ0v) is 9.63. The third-order valence-corrected chi connectivity index (χ3v) is 2.95. The lowest BCUT2D eigenvalue weighted by molar-refractivity contribution is -0.210. The van der Waals surface area contributed by atoms with E-state index >= 15 is 0 Å². The second-order valence-electron chi connectivity index (χ2n) is 3.60. The number of rotatable bonds is 0. The molecule has 0 unspecified atom stereocenters. The van der Waals surface area contributed by atoms with E-state index < -0.39 is 10.4 Å². The van der Waals surface area contributed by atoms with Crippen LogP contribution in [0, 0.1) is 0 Å². The lowest BCUT2D eigenvalue weighted by Gasteiger charge is -2.03. The molecule has 0 bridgehead atoms. The van der Waals surface area contributed by atoms with Crippen LogP contribution in [0.15, 0.2) is 0 Å². The third-order valence-electron chi connectivity index (χ3n) is 2.23. The monoisotopic (exact) mass is 238 g/mol. The summed E-state index contributed by atoms with van der Waals surface area (Å²) in [5.41, 5.74) is 0. The van der Waals surface area contributed by atoms with E-state index in [2.05, 4.69) is 13.4 Å². The van der Waals surface area contributed by atoms with Crippen molar-refractivity contribution in [2.24, 2.45) is 0 Å². The molecule has 15 heavy (non-hydrogen) atoms. The highest BCUT2D eigenvalue weighted by molar-refractivity contribution is 7.81. The molecule has 0 spiro atoms. The van der Waals surface area contributed by atoms with E-state index in [9.17, 15) is 8.42 Å². The Labute approximate surface area is 91.0 Å². The van der Waals surface area contributed by atoms with Gasteiger partial charge in [0, 0.05) is 0 Å². The van der Waals surface area contributed by atoms with Crippen LogP contribution in [0.1, 0.15) is 44.9 Å². The largest absolute Gasteiger partial charge is 0.426 e. The molecule has 0 amide bonds. The molecule has 0 aromatic carbocycles. The van der Waals surface area contributed by atoms with E-state index in [0.717, 1.165) is 38.5 Å². The van der Waals surface area contributed by atoms with Gasteiger partial charge >= 0.3 is 10.4 Å².